The predicted octanol–water partition coefficient (Wildman–Crippen LogP) is 3.32. The molecule has 2 aliphatic carbocycles. The zero-order chi connectivity index (χ0) is 11.0. The molecule has 0 spiro atoms. The zero-order valence-corrected chi connectivity index (χ0v) is 10.0. The van der Waals surface area contributed by atoms with Crippen molar-refractivity contribution in [1.29, 1.82) is 0 Å². The van der Waals surface area contributed by atoms with Crippen LogP contribution in [0, 0.1) is 5.92 Å². The standard InChI is InChI=1S/C15H21N/c1-11(9-12-7-8-12)16-15-10-14(15)13-5-3-2-4-6-13/h2-6,11-12,14-16H,7-10H2,1H3. The fourth-order valence-corrected chi connectivity index (χ4v) is 2.73. The summed E-state index contributed by atoms with van der Waals surface area (Å²) in [6.07, 6.45) is 5.66. The van der Waals surface area contributed by atoms with E-state index < -0.39 is 0 Å². The Morgan fingerprint density at radius 1 is 1.25 bits per heavy atom. The molecule has 1 aromatic rings. The van der Waals surface area contributed by atoms with Gasteiger partial charge in [0.2, 0.25) is 0 Å². The molecule has 0 heterocycles. The van der Waals surface area contributed by atoms with Gasteiger partial charge >= 0.3 is 0 Å². The number of nitrogens with one attached hydrogen (secondary N) is 1. The maximum Gasteiger partial charge on any atom is 0.0145 e. The van der Waals surface area contributed by atoms with E-state index in [-0.39, 0.29) is 0 Å². The van der Waals surface area contributed by atoms with Crippen molar-refractivity contribution in [3.8, 4) is 0 Å². The molecule has 1 aromatic carbocycles. The van der Waals surface area contributed by atoms with Gasteiger partial charge in [-0.2, -0.15) is 0 Å². The predicted molar refractivity (Wildman–Crippen MR) is 67.5 cm³/mol. The topological polar surface area (TPSA) is 12.0 Å². The van der Waals surface area contributed by atoms with Crippen molar-refractivity contribution in [3.63, 3.8) is 0 Å². The molecule has 3 unspecified atom stereocenters. The van der Waals surface area contributed by atoms with Crippen LogP contribution in [0.3, 0.4) is 0 Å². The van der Waals surface area contributed by atoms with Gasteiger partial charge < -0.3 is 5.32 Å². The maximum atomic E-state index is 3.77. The summed E-state index contributed by atoms with van der Waals surface area (Å²) in [7, 11) is 0. The number of hydrogen-bond acceptors (Lipinski definition) is 1. The minimum atomic E-state index is 0.714. The summed E-state index contributed by atoms with van der Waals surface area (Å²) < 4.78 is 0. The Morgan fingerprint density at radius 3 is 2.69 bits per heavy atom. The van der Waals surface area contributed by atoms with Crippen LogP contribution >= 0.6 is 0 Å². The van der Waals surface area contributed by atoms with Crippen molar-refractivity contribution in [2.45, 2.75) is 50.6 Å². The second-order valence-electron chi connectivity index (χ2n) is 5.61. The molecule has 1 nitrogen and oxygen atoms in total. The average Bonchev–Trinajstić information content (AvgIpc) is 3.16. The Hall–Kier alpha value is -0.820. The summed E-state index contributed by atoms with van der Waals surface area (Å²) in [6, 6.07) is 12.4. The van der Waals surface area contributed by atoms with Gasteiger partial charge in [0, 0.05) is 18.0 Å². The first-order chi connectivity index (χ1) is 7.83. The summed E-state index contributed by atoms with van der Waals surface area (Å²) in [4.78, 5) is 0. The van der Waals surface area contributed by atoms with E-state index in [0.717, 1.165) is 17.9 Å². The van der Waals surface area contributed by atoms with Crippen LogP contribution in [0.2, 0.25) is 0 Å². The molecule has 86 valence electrons. The Kier molecular flexibility index (Phi) is 2.72. The first kappa shape index (κ1) is 10.3. The molecule has 0 amide bonds. The van der Waals surface area contributed by atoms with Crippen LogP contribution in [-0.2, 0) is 0 Å². The second-order valence-corrected chi connectivity index (χ2v) is 5.61. The van der Waals surface area contributed by atoms with Gasteiger partial charge in [-0.15, -0.1) is 0 Å². The van der Waals surface area contributed by atoms with Gasteiger partial charge in [0.25, 0.3) is 0 Å². The van der Waals surface area contributed by atoms with Gasteiger partial charge in [0.1, 0.15) is 0 Å². The van der Waals surface area contributed by atoms with E-state index in [0.29, 0.717) is 6.04 Å². The molecule has 0 radical (unpaired) electrons. The highest BCUT2D eigenvalue weighted by molar-refractivity contribution is 5.27. The molecular formula is C15H21N. The van der Waals surface area contributed by atoms with E-state index >= 15 is 0 Å². The van der Waals surface area contributed by atoms with E-state index in [1.54, 1.807) is 0 Å². The molecule has 1 heteroatoms. The molecule has 0 aliphatic heterocycles. The first-order valence-electron chi connectivity index (χ1n) is 6.64. The summed E-state index contributed by atoms with van der Waals surface area (Å²) >= 11 is 0. The molecule has 2 fully saturated rings. The normalized spacial score (nSPS) is 30.1. The highest BCUT2D eigenvalue weighted by Crippen LogP contribution is 2.41. The van der Waals surface area contributed by atoms with Crippen molar-refractivity contribution in [2.24, 2.45) is 5.92 Å². The van der Waals surface area contributed by atoms with Crippen LogP contribution < -0.4 is 5.32 Å². The van der Waals surface area contributed by atoms with Crippen LogP contribution in [0.25, 0.3) is 0 Å². The third-order valence-corrected chi connectivity index (χ3v) is 3.90. The molecule has 16 heavy (non-hydrogen) atoms. The average molecular weight is 215 g/mol. The molecule has 0 saturated heterocycles. The molecule has 2 saturated carbocycles. The largest absolute Gasteiger partial charge is 0.311 e. The van der Waals surface area contributed by atoms with E-state index in [4.69, 9.17) is 0 Å². The number of rotatable bonds is 5. The molecule has 0 aromatic heterocycles. The Bertz CT molecular complexity index is 342. The van der Waals surface area contributed by atoms with Gasteiger partial charge in [0.05, 0.1) is 0 Å². The van der Waals surface area contributed by atoms with Crippen LogP contribution in [0.4, 0.5) is 0 Å². The zero-order valence-electron chi connectivity index (χ0n) is 10.0. The summed E-state index contributed by atoms with van der Waals surface area (Å²) in [6.45, 7) is 2.35. The smallest absolute Gasteiger partial charge is 0.0145 e. The third-order valence-electron chi connectivity index (χ3n) is 3.90. The highest BCUT2D eigenvalue weighted by atomic mass is 15.0. The lowest BCUT2D eigenvalue weighted by molar-refractivity contribution is 0.481. The maximum absolute atomic E-state index is 3.77. The van der Waals surface area contributed by atoms with Crippen LogP contribution in [0.1, 0.15) is 44.1 Å². The van der Waals surface area contributed by atoms with E-state index in [1.165, 1.54) is 31.2 Å². The van der Waals surface area contributed by atoms with Gasteiger partial charge in [-0.25, -0.2) is 0 Å². The SMILES string of the molecule is CC(CC1CC1)NC1CC1c1ccccc1. The van der Waals surface area contributed by atoms with Gasteiger partial charge in [-0.05, 0) is 31.2 Å². The second kappa shape index (κ2) is 4.21. The van der Waals surface area contributed by atoms with Crippen molar-refractivity contribution in [1.82, 2.24) is 5.32 Å². The highest BCUT2D eigenvalue weighted by Gasteiger charge is 2.39. The van der Waals surface area contributed by atoms with Crippen molar-refractivity contribution in [3.05, 3.63) is 35.9 Å². The van der Waals surface area contributed by atoms with Crippen LogP contribution in [0.5, 0.6) is 0 Å². The summed E-state index contributed by atoms with van der Waals surface area (Å²) in [5, 5.41) is 3.77. The lowest BCUT2D eigenvalue weighted by atomic mass is 10.1. The molecule has 1 N–H and O–H groups in total. The van der Waals surface area contributed by atoms with Crippen molar-refractivity contribution >= 4 is 0 Å². The number of benzene rings is 1. The van der Waals surface area contributed by atoms with E-state index in [1.807, 2.05) is 0 Å². The van der Waals surface area contributed by atoms with Gasteiger partial charge in [0.15, 0.2) is 0 Å². The fraction of sp³-hybridized carbons (Fsp3) is 0.600. The summed E-state index contributed by atoms with van der Waals surface area (Å²) in [5.41, 5.74) is 1.51. The third kappa shape index (κ3) is 2.46. The number of hydrogen-bond donors (Lipinski definition) is 1. The first-order valence-corrected chi connectivity index (χ1v) is 6.64. The minimum Gasteiger partial charge on any atom is -0.311 e. The molecule has 3 rings (SSSR count). The quantitative estimate of drug-likeness (QED) is 0.794. The molecule has 0 bridgehead atoms. The lowest BCUT2D eigenvalue weighted by Crippen LogP contribution is -2.29. The summed E-state index contributed by atoms with van der Waals surface area (Å²) in [5.74, 6) is 1.82. The molecule has 2 aliphatic rings. The fourth-order valence-electron chi connectivity index (χ4n) is 2.73. The Labute approximate surface area is 98.3 Å². The monoisotopic (exact) mass is 215 g/mol. The Morgan fingerprint density at radius 2 is 2.00 bits per heavy atom. The Balaban J connectivity index is 1.48. The van der Waals surface area contributed by atoms with Crippen molar-refractivity contribution < 1.29 is 0 Å². The van der Waals surface area contributed by atoms with Crippen LogP contribution in [-0.4, -0.2) is 12.1 Å². The lowest BCUT2D eigenvalue weighted by Gasteiger charge is -2.13. The van der Waals surface area contributed by atoms with E-state index in [2.05, 4.69) is 42.6 Å². The van der Waals surface area contributed by atoms with Crippen molar-refractivity contribution in [2.75, 3.05) is 0 Å². The molecule has 3 atom stereocenters. The molecular weight excluding hydrogens is 194 g/mol. The van der Waals surface area contributed by atoms with Crippen LogP contribution in [0.15, 0.2) is 30.3 Å². The minimum absolute atomic E-state index is 0.714. The van der Waals surface area contributed by atoms with E-state index in [9.17, 15) is 0 Å². The van der Waals surface area contributed by atoms with Gasteiger partial charge in [-0.3, -0.25) is 0 Å². The van der Waals surface area contributed by atoms with Gasteiger partial charge in [-0.1, -0.05) is 43.2 Å².